The first-order chi connectivity index (χ1) is 7.29. The van der Waals surface area contributed by atoms with Crippen LogP contribution < -0.4 is 5.73 Å². The molecular formula is C10H10F3NOS. The van der Waals surface area contributed by atoms with E-state index < -0.39 is 11.6 Å². The van der Waals surface area contributed by atoms with Crippen molar-refractivity contribution in [3.63, 3.8) is 0 Å². The van der Waals surface area contributed by atoms with Crippen LogP contribution in [0.25, 0.3) is 0 Å². The molecule has 0 aliphatic carbocycles. The molecule has 0 aromatic heterocycles. The lowest BCUT2D eigenvalue weighted by Gasteiger charge is -2.08. The van der Waals surface area contributed by atoms with Crippen LogP contribution in [0, 0.1) is 0 Å². The number of Topliss-reactive ketones (excluding diaryl/α,β-unsaturated/α-hetero) is 1. The number of hydrogen-bond donors (Lipinski definition) is 1. The summed E-state index contributed by atoms with van der Waals surface area (Å²) >= 11 is -0.249. The third kappa shape index (κ3) is 3.86. The van der Waals surface area contributed by atoms with Crippen LogP contribution in [-0.2, 0) is 0 Å². The van der Waals surface area contributed by atoms with Gasteiger partial charge in [0.15, 0.2) is 5.78 Å². The van der Waals surface area contributed by atoms with Gasteiger partial charge in [-0.05, 0) is 30.8 Å². The quantitative estimate of drug-likeness (QED) is 0.661. The highest BCUT2D eigenvalue weighted by Gasteiger charge is 2.29. The van der Waals surface area contributed by atoms with E-state index in [0.29, 0.717) is 0 Å². The van der Waals surface area contributed by atoms with Gasteiger partial charge in [0.05, 0.1) is 6.04 Å². The van der Waals surface area contributed by atoms with E-state index in [1.54, 1.807) is 0 Å². The Morgan fingerprint density at radius 1 is 1.44 bits per heavy atom. The molecular weight excluding hydrogens is 239 g/mol. The van der Waals surface area contributed by atoms with Crippen molar-refractivity contribution in [2.75, 3.05) is 0 Å². The summed E-state index contributed by atoms with van der Waals surface area (Å²) in [6.45, 7) is 1.49. The Morgan fingerprint density at radius 2 is 2.06 bits per heavy atom. The Hall–Kier alpha value is -1.01. The van der Waals surface area contributed by atoms with Crippen LogP contribution in [0.2, 0.25) is 0 Å². The molecule has 0 aliphatic rings. The molecule has 2 N–H and O–H groups in total. The number of carbonyl (C=O) groups is 1. The van der Waals surface area contributed by atoms with Crippen LogP contribution in [0.1, 0.15) is 17.3 Å². The molecule has 1 unspecified atom stereocenters. The predicted octanol–water partition coefficient (Wildman–Crippen LogP) is 2.83. The molecule has 1 aromatic rings. The summed E-state index contributed by atoms with van der Waals surface area (Å²) in [7, 11) is 0. The fourth-order valence-corrected chi connectivity index (χ4v) is 1.71. The van der Waals surface area contributed by atoms with Gasteiger partial charge in [0.25, 0.3) is 0 Å². The van der Waals surface area contributed by atoms with Crippen LogP contribution >= 0.6 is 11.8 Å². The lowest BCUT2D eigenvalue weighted by atomic mass is 10.1. The highest BCUT2D eigenvalue weighted by molar-refractivity contribution is 8.00. The van der Waals surface area contributed by atoms with Gasteiger partial charge in [0.2, 0.25) is 0 Å². The molecule has 0 fully saturated rings. The van der Waals surface area contributed by atoms with Crippen molar-refractivity contribution in [1.82, 2.24) is 0 Å². The smallest absolute Gasteiger partial charge is 0.321 e. The first-order valence-corrected chi connectivity index (χ1v) is 5.27. The molecule has 0 radical (unpaired) electrons. The lowest BCUT2D eigenvalue weighted by molar-refractivity contribution is -0.0328. The minimum Gasteiger partial charge on any atom is -0.321 e. The average molecular weight is 249 g/mol. The number of nitrogens with two attached hydrogens (primary N) is 1. The topological polar surface area (TPSA) is 43.1 Å². The van der Waals surface area contributed by atoms with Crippen LogP contribution in [-0.4, -0.2) is 17.3 Å². The first kappa shape index (κ1) is 13.1. The van der Waals surface area contributed by atoms with Gasteiger partial charge in [-0.15, -0.1) is 0 Å². The van der Waals surface area contributed by atoms with Crippen molar-refractivity contribution in [2.45, 2.75) is 23.4 Å². The molecule has 16 heavy (non-hydrogen) atoms. The lowest BCUT2D eigenvalue weighted by Crippen LogP contribution is -2.26. The average Bonchev–Trinajstić information content (AvgIpc) is 2.14. The minimum absolute atomic E-state index is 0.0148. The van der Waals surface area contributed by atoms with Crippen LogP contribution in [0.3, 0.4) is 0 Å². The van der Waals surface area contributed by atoms with E-state index in [-0.39, 0.29) is 28.0 Å². The largest absolute Gasteiger partial charge is 0.446 e. The molecule has 0 bridgehead atoms. The van der Waals surface area contributed by atoms with Gasteiger partial charge in [-0.1, -0.05) is 12.1 Å². The molecule has 0 heterocycles. The first-order valence-electron chi connectivity index (χ1n) is 4.45. The Balaban J connectivity index is 2.91. The SMILES string of the molecule is CC(N)C(=O)c1cccc(SC(F)(F)F)c1. The van der Waals surface area contributed by atoms with Gasteiger partial charge in [-0.25, -0.2) is 0 Å². The summed E-state index contributed by atoms with van der Waals surface area (Å²) in [5.74, 6) is -0.371. The van der Waals surface area contributed by atoms with E-state index >= 15 is 0 Å². The Morgan fingerprint density at radius 3 is 2.56 bits per heavy atom. The normalized spacial score (nSPS) is 13.6. The Kier molecular flexibility index (Phi) is 3.98. The zero-order valence-electron chi connectivity index (χ0n) is 8.41. The molecule has 88 valence electrons. The highest BCUT2D eigenvalue weighted by Crippen LogP contribution is 2.36. The van der Waals surface area contributed by atoms with Crippen LogP contribution in [0.4, 0.5) is 13.2 Å². The van der Waals surface area contributed by atoms with E-state index in [4.69, 9.17) is 5.73 Å². The fraction of sp³-hybridized carbons (Fsp3) is 0.300. The van der Waals surface area contributed by atoms with E-state index in [1.165, 1.54) is 31.2 Å². The number of thioether (sulfide) groups is 1. The number of hydrogen-bond acceptors (Lipinski definition) is 3. The van der Waals surface area contributed by atoms with E-state index in [1.807, 2.05) is 0 Å². The van der Waals surface area contributed by atoms with Crippen molar-refractivity contribution >= 4 is 17.5 Å². The molecule has 0 amide bonds. The van der Waals surface area contributed by atoms with E-state index in [9.17, 15) is 18.0 Å². The highest BCUT2D eigenvalue weighted by atomic mass is 32.2. The summed E-state index contributed by atoms with van der Waals surface area (Å²) in [4.78, 5) is 11.4. The maximum absolute atomic E-state index is 12.1. The number of ketones is 1. The molecule has 1 aromatic carbocycles. The van der Waals surface area contributed by atoms with Crippen molar-refractivity contribution in [3.05, 3.63) is 29.8 Å². The standard InChI is InChI=1S/C10H10F3NOS/c1-6(14)9(15)7-3-2-4-8(5-7)16-10(11,12)13/h2-6H,14H2,1H3. The van der Waals surface area contributed by atoms with Gasteiger partial charge in [-0.2, -0.15) is 13.2 Å². The molecule has 6 heteroatoms. The number of alkyl halides is 3. The number of rotatable bonds is 3. The predicted molar refractivity (Wildman–Crippen MR) is 56.3 cm³/mol. The summed E-state index contributed by atoms with van der Waals surface area (Å²) in [6, 6.07) is 4.64. The molecule has 1 atom stereocenters. The van der Waals surface area contributed by atoms with Crippen LogP contribution in [0.15, 0.2) is 29.2 Å². The zero-order chi connectivity index (χ0) is 12.3. The third-order valence-corrected chi connectivity index (χ3v) is 2.49. The van der Waals surface area contributed by atoms with Crippen molar-refractivity contribution in [2.24, 2.45) is 5.73 Å². The molecule has 0 saturated carbocycles. The maximum atomic E-state index is 12.1. The van der Waals surface area contributed by atoms with Crippen LogP contribution in [0.5, 0.6) is 0 Å². The van der Waals surface area contributed by atoms with Gasteiger partial charge >= 0.3 is 5.51 Å². The third-order valence-electron chi connectivity index (χ3n) is 1.77. The number of halogens is 3. The zero-order valence-corrected chi connectivity index (χ0v) is 9.23. The Labute approximate surface area is 95.0 Å². The van der Waals surface area contributed by atoms with Gasteiger partial charge in [0, 0.05) is 10.5 Å². The molecule has 1 rings (SSSR count). The summed E-state index contributed by atoms with van der Waals surface area (Å²) in [5, 5.41) is 0. The van der Waals surface area contributed by atoms with E-state index in [0.717, 1.165) is 0 Å². The molecule has 0 aliphatic heterocycles. The fourth-order valence-electron chi connectivity index (χ4n) is 1.11. The second kappa shape index (κ2) is 4.88. The number of carbonyl (C=O) groups excluding carboxylic acids is 1. The minimum atomic E-state index is -4.35. The number of benzene rings is 1. The monoisotopic (exact) mass is 249 g/mol. The molecule has 0 saturated heterocycles. The molecule has 2 nitrogen and oxygen atoms in total. The summed E-state index contributed by atoms with van der Waals surface area (Å²) < 4.78 is 36.3. The maximum Gasteiger partial charge on any atom is 0.446 e. The van der Waals surface area contributed by atoms with Crippen molar-refractivity contribution < 1.29 is 18.0 Å². The summed E-state index contributed by atoms with van der Waals surface area (Å²) in [6.07, 6.45) is 0. The summed E-state index contributed by atoms with van der Waals surface area (Å²) in [5.41, 5.74) is 1.21. The van der Waals surface area contributed by atoms with Gasteiger partial charge < -0.3 is 5.73 Å². The second-order valence-corrected chi connectivity index (χ2v) is 4.37. The van der Waals surface area contributed by atoms with Gasteiger partial charge in [0.1, 0.15) is 0 Å². The van der Waals surface area contributed by atoms with Crippen molar-refractivity contribution in [1.29, 1.82) is 0 Å². The second-order valence-electron chi connectivity index (χ2n) is 3.23. The van der Waals surface area contributed by atoms with Gasteiger partial charge in [-0.3, -0.25) is 4.79 Å². The van der Waals surface area contributed by atoms with Crippen molar-refractivity contribution in [3.8, 4) is 0 Å². The molecule has 0 spiro atoms. The van der Waals surface area contributed by atoms with E-state index in [2.05, 4.69) is 0 Å². The Bertz CT molecular complexity index is 390.